The number of para-hydroxylation sites is 1. The lowest BCUT2D eigenvalue weighted by Gasteiger charge is -2.06. The summed E-state index contributed by atoms with van der Waals surface area (Å²) in [6, 6.07) is 8.05. The number of H-pyrrole nitrogens is 1. The average molecular weight is 198 g/mol. The summed E-state index contributed by atoms with van der Waals surface area (Å²) < 4.78 is 0. The predicted molar refractivity (Wildman–Crippen MR) is 59.5 cm³/mol. The SMILES string of the molecule is O/N=C1\C=CCc2[nH]c3ccccc3c21. The second-order valence-electron chi connectivity index (χ2n) is 3.62. The highest BCUT2D eigenvalue weighted by atomic mass is 16.4. The fourth-order valence-corrected chi connectivity index (χ4v) is 2.10. The molecule has 1 aliphatic rings. The van der Waals surface area contributed by atoms with E-state index in [0.717, 1.165) is 28.6 Å². The number of rotatable bonds is 0. The van der Waals surface area contributed by atoms with Crippen LogP contribution in [-0.2, 0) is 6.42 Å². The highest BCUT2D eigenvalue weighted by Gasteiger charge is 2.17. The first kappa shape index (κ1) is 8.29. The molecular weight excluding hydrogens is 188 g/mol. The molecule has 0 fully saturated rings. The Morgan fingerprint density at radius 2 is 2.13 bits per heavy atom. The van der Waals surface area contributed by atoms with E-state index in [2.05, 4.69) is 10.1 Å². The van der Waals surface area contributed by atoms with Crippen LogP contribution >= 0.6 is 0 Å². The molecule has 0 saturated heterocycles. The van der Waals surface area contributed by atoms with Gasteiger partial charge in [0.15, 0.2) is 0 Å². The van der Waals surface area contributed by atoms with Crippen molar-refractivity contribution in [2.45, 2.75) is 6.42 Å². The number of hydrogen-bond acceptors (Lipinski definition) is 2. The lowest BCUT2D eigenvalue weighted by Crippen LogP contribution is -2.04. The Morgan fingerprint density at radius 1 is 1.27 bits per heavy atom. The normalized spacial score (nSPS) is 17.2. The Kier molecular flexibility index (Phi) is 1.65. The smallest absolute Gasteiger partial charge is 0.112 e. The maximum absolute atomic E-state index is 8.94. The molecule has 0 saturated carbocycles. The lowest BCUT2D eigenvalue weighted by molar-refractivity contribution is 0.320. The Hall–Kier alpha value is -2.03. The van der Waals surface area contributed by atoms with Crippen molar-refractivity contribution < 1.29 is 5.21 Å². The molecule has 3 heteroatoms. The minimum atomic E-state index is 0.633. The first-order chi connectivity index (χ1) is 7.40. The zero-order chi connectivity index (χ0) is 10.3. The molecule has 0 amide bonds. The molecule has 1 aromatic carbocycles. The quantitative estimate of drug-likeness (QED) is 0.495. The molecule has 0 radical (unpaired) electrons. The number of aromatic nitrogens is 1. The Bertz CT molecular complexity index is 578. The third kappa shape index (κ3) is 1.09. The summed E-state index contributed by atoms with van der Waals surface area (Å²) in [5, 5.41) is 13.4. The van der Waals surface area contributed by atoms with Crippen LogP contribution in [-0.4, -0.2) is 15.9 Å². The highest BCUT2D eigenvalue weighted by Crippen LogP contribution is 2.26. The molecule has 0 bridgehead atoms. The van der Waals surface area contributed by atoms with Crippen molar-refractivity contribution in [3.63, 3.8) is 0 Å². The number of benzene rings is 1. The summed E-state index contributed by atoms with van der Waals surface area (Å²) >= 11 is 0. The molecule has 2 N–H and O–H groups in total. The van der Waals surface area contributed by atoms with E-state index in [-0.39, 0.29) is 0 Å². The summed E-state index contributed by atoms with van der Waals surface area (Å²) in [4.78, 5) is 3.34. The molecule has 15 heavy (non-hydrogen) atoms. The fourth-order valence-electron chi connectivity index (χ4n) is 2.10. The minimum Gasteiger partial charge on any atom is -0.410 e. The molecule has 3 rings (SSSR count). The lowest BCUT2D eigenvalue weighted by atomic mass is 9.99. The first-order valence-corrected chi connectivity index (χ1v) is 4.88. The van der Waals surface area contributed by atoms with E-state index in [1.54, 1.807) is 0 Å². The molecule has 0 spiro atoms. The summed E-state index contributed by atoms with van der Waals surface area (Å²) in [7, 11) is 0. The third-order valence-electron chi connectivity index (χ3n) is 2.75. The van der Waals surface area contributed by atoms with E-state index < -0.39 is 0 Å². The first-order valence-electron chi connectivity index (χ1n) is 4.88. The van der Waals surface area contributed by atoms with Crippen molar-refractivity contribution in [1.29, 1.82) is 0 Å². The number of fused-ring (bicyclic) bond motifs is 3. The van der Waals surface area contributed by atoms with Gasteiger partial charge in [0.2, 0.25) is 0 Å². The van der Waals surface area contributed by atoms with Gasteiger partial charge in [-0.3, -0.25) is 0 Å². The van der Waals surface area contributed by atoms with E-state index in [9.17, 15) is 0 Å². The van der Waals surface area contributed by atoms with Gasteiger partial charge in [-0.2, -0.15) is 0 Å². The van der Waals surface area contributed by atoms with Gasteiger partial charge in [0.05, 0.1) is 0 Å². The van der Waals surface area contributed by atoms with Crippen molar-refractivity contribution >= 4 is 16.6 Å². The van der Waals surface area contributed by atoms with Crippen LogP contribution in [0.25, 0.3) is 10.9 Å². The molecule has 0 unspecified atom stereocenters. The number of nitrogens with zero attached hydrogens (tertiary/aromatic N) is 1. The van der Waals surface area contributed by atoms with E-state index in [4.69, 9.17) is 5.21 Å². The summed E-state index contributed by atoms with van der Waals surface area (Å²) in [5.41, 5.74) is 3.86. The van der Waals surface area contributed by atoms with E-state index in [1.165, 1.54) is 0 Å². The van der Waals surface area contributed by atoms with Gasteiger partial charge in [0, 0.05) is 28.6 Å². The Balaban J connectivity index is 2.40. The molecule has 3 nitrogen and oxygen atoms in total. The van der Waals surface area contributed by atoms with Crippen molar-refractivity contribution in [3.8, 4) is 0 Å². The van der Waals surface area contributed by atoms with Gasteiger partial charge in [0.1, 0.15) is 5.71 Å². The zero-order valence-electron chi connectivity index (χ0n) is 8.07. The number of nitrogens with one attached hydrogen (secondary N) is 1. The molecule has 0 atom stereocenters. The number of oxime groups is 1. The van der Waals surface area contributed by atoms with Gasteiger partial charge in [-0.15, -0.1) is 0 Å². The summed E-state index contributed by atoms with van der Waals surface area (Å²) in [5.74, 6) is 0. The van der Waals surface area contributed by atoms with Gasteiger partial charge < -0.3 is 10.2 Å². The van der Waals surface area contributed by atoms with Gasteiger partial charge >= 0.3 is 0 Å². The van der Waals surface area contributed by atoms with E-state index in [0.29, 0.717) is 5.71 Å². The highest BCUT2D eigenvalue weighted by molar-refractivity contribution is 6.18. The van der Waals surface area contributed by atoms with Crippen LogP contribution in [0.2, 0.25) is 0 Å². The largest absolute Gasteiger partial charge is 0.410 e. The van der Waals surface area contributed by atoms with Crippen molar-refractivity contribution in [2.75, 3.05) is 0 Å². The second kappa shape index (κ2) is 2.98. The fraction of sp³-hybridized carbons (Fsp3) is 0.0833. The summed E-state index contributed by atoms with van der Waals surface area (Å²) in [6.07, 6.45) is 4.71. The van der Waals surface area contributed by atoms with Crippen molar-refractivity contribution in [2.24, 2.45) is 5.16 Å². The van der Waals surface area contributed by atoms with Crippen molar-refractivity contribution in [3.05, 3.63) is 47.7 Å². The van der Waals surface area contributed by atoms with E-state index >= 15 is 0 Å². The average Bonchev–Trinajstić information content (AvgIpc) is 2.67. The standard InChI is InChI=1S/C12H10N2O/c15-14-11-7-3-6-10-12(11)8-4-1-2-5-9(8)13-10/h1-5,7,13,15H,6H2/b14-11+. The van der Waals surface area contributed by atoms with Gasteiger partial charge in [-0.05, 0) is 12.1 Å². The van der Waals surface area contributed by atoms with Crippen LogP contribution in [0.1, 0.15) is 11.3 Å². The zero-order valence-corrected chi connectivity index (χ0v) is 8.07. The van der Waals surface area contributed by atoms with E-state index in [1.807, 2.05) is 36.4 Å². The van der Waals surface area contributed by atoms with Gasteiger partial charge in [-0.25, -0.2) is 0 Å². The van der Waals surface area contributed by atoms with Crippen LogP contribution in [0.3, 0.4) is 0 Å². The van der Waals surface area contributed by atoms with Crippen LogP contribution in [0.5, 0.6) is 0 Å². The maximum Gasteiger partial charge on any atom is 0.112 e. The minimum absolute atomic E-state index is 0.633. The predicted octanol–water partition coefficient (Wildman–Crippen LogP) is 2.46. The molecule has 1 heterocycles. The van der Waals surface area contributed by atoms with Crippen LogP contribution in [0.15, 0.2) is 41.6 Å². The molecule has 1 aromatic heterocycles. The molecule has 0 aliphatic heterocycles. The Morgan fingerprint density at radius 3 is 3.00 bits per heavy atom. The van der Waals surface area contributed by atoms with Crippen molar-refractivity contribution in [1.82, 2.24) is 4.98 Å². The van der Waals surface area contributed by atoms with Gasteiger partial charge in [0.25, 0.3) is 0 Å². The van der Waals surface area contributed by atoms with Crippen LogP contribution < -0.4 is 0 Å². The second-order valence-corrected chi connectivity index (χ2v) is 3.62. The number of hydrogen-bond donors (Lipinski definition) is 2. The Labute approximate surface area is 86.7 Å². The van der Waals surface area contributed by atoms with Crippen LogP contribution in [0.4, 0.5) is 0 Å². The topological polar surface area (TPSA) is 48.4 Å². The monoisotopic (exact) mass is 198 g/mol. The molecule has 74 valence electrons. The van der Waals surface area contributed by atoms with Gasteiger partial charge in [-0.1, -0.05) is 29.4 Å². The number of allylic oxidation sites excluding steroid dienone is 2. The van der Waals surface area contributed by atoms with Crippen LogP contribution in [0, 0.1) is 0 Å². The third-order valence-corrected chi connectivity index (χ3v) is 2.75. The molecule has 2 aromatic rings. The summed E-state index contributed by atoms with van der Waals surface area (Å²) in [6.45, 7) is 0. The molecular formula is C12H10N2O. The number of aromatic amines is 1. The maximum atomic E-state index is 8.94. The molecule has 1 aliphatic carbocycles.